The fraction of sp³-hybridized carbons (Fsp3) is 0.500. The van der Waals surface area contributed by atoms with Crippen molar-refractivity contribution in [3.63, 3.8) is 0 Å². The maximum absolute atomic E-state index is 12.4. The minimum Gasteiger partial charge on any atom is -0.468 e. The molecule has 5 nitrogen and oxygen atoms in total. The molecule has 22 heavy (non-hydrogen) atoms. The lowest BCUT2D eigenvalue weighted by Gasteiger charge is -2.20. The van der Waals surface area contributed by atoms with Crippen LogP contribution < -0.4 is 10.6 Å². The number of carbonyl (C=O) groups is 2. The molecule has 1 fully saturated rings. The number of benzene rings is 1. The second-order valence-corrected chi connectivity index (χ2v) is 6.21. The fourth-order valence-electron chi connectivity index (χ4n) is 2.75. The minimum absolute atomic E-state index is 0.0514. The Balaban J connectivity index is 2.24. The molecule has 0 radical (unpaired) electrons. The predicted octanol–water partition coefficient (Wildman–Crippen LogP) is 2.06. The van der Waals surface area contributed by atoms with Crippen LogP contribution in [0.25, 0.3) is 0 Å². The molecule has 1 aromatic rings. The van der Waals surface area contributed by atoms with E-state index in [2.05, 4.69) is 10.6 Å². The van der Waals surface area contributed by atoms with Gasteiger partial charge in [-0.15, -0.1) is 0 Å². The van der Waals surface area contributed by atoms with Gasteiger partial charge in [0, 0.05) is 17.1 Å². The zero-order valence-electron chi connectivity index (χ0n) is 12.9. The number of ether oxygens (including phenoxy) is 1. The van der Waals surface area contributed by atoms with Gasteiger partial charge >= 0.3 is 5.97 Å². The highest BCUT2D eigenvalue weighted by Gasteiger charge is 2.42. The SMILES string of the molecule is COC(=O)[C@@H]1C[C@H](C(=O)NC(C)C)[C@H](c2ccc(Cl)cc2)N1. The topological polar surface area (TPSA) is 67.4 Å². The summed E-state index contributed by atoms with van der Waals surface area (Å²) >= 11 is 5.91. The van der Waals surface area contributed by atoms with Gasteiger partial charge < -0.3 is 10.1 Å². The molecule has 0 spiro atoms. The van der Waals surface area contributed by atoms with Crippen LogP contribution in [0, 0.1) is 5.92 Å². The summed E-state index contributed by atoms with van der Waals surface area (Å²) in [5.41, 5.74) is 0.930. The Labute approximate surface area is 135 Å². The van der Waals surface area contributed by atoms with Crippen LogP contribution in [0.5, 0.6) is 0 Å². The number of methoxy groups -OCH3 is 1. The van der Waals surface area contributed by atoms with Gasteiger partial charge in [0.1, 0.15) is 6.04 Å². The van der Waals surface area contributed by atoms with Crippen molar-refractivity contribution in [3.05, 3.63) is 34.9 Å². The average Bonchev–Trinajstić information content (AvgIpc) is 2.91. The van der Waals surface area contributed by atoms with Crippen molar-refractivity contribution < 1.29 is 14.3 Å². The Morgan fingerprint density at radius 2 is 1.95 bits per heavy atom. The van der Waals surface area contributed by atoms with Crippen LogP contribution in [-0.4, -0.2) is 31.1 Å². The number of halogens is 1. The maximum Gasteiger partial charge on any atom is 0.322 e. The van der Waals surface area contributed by atoms with Crippen LogP contribution in [0.3, 0.4) is 0 Å². The monoisotopic (exact) mass is 324 g/mol. The van der Waals surface area contributed by atoms with Gasteiger partial charge in [-0.1, -0.05) is 23.7 Å². The zero-order valence-corrected chi connectivity index (χ0v) is 13.7. The summed E-state index contributed by atoms with van der Waals surface area (Å²) < 4.78 is 4.79. The maximum atomic E-state index is 12.4. The molecule has 120 valence electrons. The van der Waals surface area contributed by atoms with E-state index in [-0.39, 0.29) is 29.9 Å². The van der Waals surface area contributed by atoms with Crippen molar-refractivity contribution in [2.75, 3.05) is 7.11 Å². The van der Waals surface area contributed by atoms with E-state index in [0.717, 1.165) is 5.56 Å². The lowest BCUT2D eigenvalue weighted by molar-refractivity contribution is -0.142. The molecule has 0 unspecified atom stereocenters. The summed E-state index contributed by atoms with van der Waals surface area (Å²) in [6.45, 7) is 3.82. The molecule has 1 saturated heterocycles. The summed E-state index contributed by atoms with van der Waals surface area (Å²) in [6.07, 6.45) is 0.415. The number of esters is 1. The Kier molecular flexibility index (Phi) is 5.42. The Morgan fingerprint density at radius 1 is 1.32 bits per heavy atom. The third kappa shape index (κ3) is 3.78. The molecule has 2 N–H and O–H groups in total. The number of rotatable bonds is 4. The first-order chi connectivity index (χ1) is 10.4. The molecule has 1 aliphatic rings. The molecule has 0 aliphatic carbocycles. The fourth-order valence-corrected chi connectivity index (χ4v) is 2.87. The number of nitrogens with one attached hydrogen (secondary N) is 2. The van der Waals surface area contributed by atoms with E-state index in [9.17, 15) is 9.59 Å². The van der Waals surface area contributed by atoms with Crippen LogP contribution in [0.1, 0.15) is 31.9 Å². The van der Waals surface area contributed by atoms with Gasteiger partial charge in [-0.3, -0.25) is 14.9 Å². The lowest BCUT2D eigenvalue weighted by Crippen LogP contribution is -2.37. The highest BCUT2D eigenvalue weighted by molar-refractivity contribution is 6.30. The van der Waals surface area contributed by atoms with Crippen molar-refractivity contribution in [2.45, 2.75) is 38.4 Å². The largest absolute Gasteiger partial charge is 0.468 e. The first kappa shape index (κ1) is 16.8. The van der Waals surface area contributed by atoms with Crippen molar-refractivity contribution in [1.29, 1.82) is 0 Å². The summed E-state index contributed by atoms with van der Waals surface area (Å²) in [7, 11) is 1.35. The first-order valence-electron chi connectivity index (χ1n) is 7.32. The molecule has 6 heteroatoms. The van der Waals surface area contributed by atoms with Gasteiger partial charge in [0.15, 0.2) is 0 Å². The van der Waals surface area contributed by atoms with Gasteiger partial charge in [-0.05, 0) is 38.0 Å². The van der Waals surface area contributed by atoms with E-state index < -0.39 is 6.04 Å². The molecular formula is C16H21ClN2O3. The van der Waals surface area contributed by atoms with E-state index in [1.54, 1.807) is 12.1 Å². The highest BCUT2D eigenvalue weighted by Crippen LogP contribution is 2.34. The molecule has 0 bridgehead atoms. The summed E-state index contributed by atoms with van der Waals surface area (Å²) in [6, 6.07) is 6.64. The first-order valence-corrected chi connectivity index (χ1v) is 7.70. The van der Waals surface area contributed by atoms with E-state index in [1.165, 1.54) is 7.11 Å². The lowest BCUT2D eigenvalue weighted by atomic mass is 9.92. The van der Waals surface area contributed by atoms with Crippen molar-refractivity contribution >= 4 is 23.5 Å². The number of hydrogen-bond donors (Lipinski definition) is 2. The molecule has 1 aromatic carbocycles. The molecule has 1 aliphatic heterocycles. The average molecular weight is 325 g/mol. The van der Waals surface area contributed by atoms with Gasteiger partial charge in [0.25, 0.3) is 0 Å². The summed E-state index contributed by atoms with van der Waals surface area (Å²) in [5.74, 6) is -0.736. The van der Waals surface area contributed by atoms with Crippen LogP contribution in [0.15, 0.2) is 24.3 Å². The van der Waals surface area contributed by atoms with E-state index >= 15 is 0 Å². The predicted molar refractivity (Wildman–Crippen MR) is 84.5 cm³/mol. The summed E-state index contributed by atoms with van der Waals surface area (Å²) in [5, 5.41) is 6.75. The molecule has 2 rings (SSSR count). The third-order valence-corrected chi connectivity index (χ3v) is 4.01. The normalized spacial score (nSPS) is 24.3. The number of carbonyl (C=O) groups excluding carboxylic acids is 2. The van der Waals surface area contributed by atoms with Crippen molar-refractivity contribution in [3.8, 4) is 0 Å². The standard InChI is InChI=1S/C16H21ClN2O3/c1-9(2)18-15(20)12-8-13(16(21)22-3)19-14(12)10-4-6-11(17)7-5-10/h4-7,9,12-14,19H,8H2,1-3H3,(H,18,20)/t12-,13-,14-/m0/s1. The minimum atomic E-state index is -0.478. The van der Waals surface area contributed by atoms with E-state index in [4.69, 9.17) is 16.3 Å². The van der Waals surface area contributed by atoms with Crippen LogP contribution in [0.2, 0.25) is 5.02 Å². The van der Waals surface area contributed by atoms with E-state index in [1.807, 2.05) is 26.0 Å². The Morgan fingerprint density at radius 3 is 2.50 bits per heavy atom. The molecule has 1 amide bonds. The van der Waals surface area contributed by atoms with Gasteiger partial charge in [0.2, 0.25) is 5.91 Å². The number of hydrogen-bond acceptors (Lipinski definition) is 4. The number of amides is 1. The smallest absolute Gasteiger partial charge is 0.322 e. The Bertz CT molecular complexity index is 545. The van der Waals surface area contributed by atoms with Crippen LogP contribution >= 0.6 is 11.6 Å². The van der Waals surface area contributed by atoms with Gasteiger partial charge in [0.05, 0.1) is 13.0 Å². The van der Waals surface area contributed by atoms with Crippen molar-refractivity contribution in [2.24, 2.45) is 5.92 Å². The molecule has 3 atom stereocenters. The molecule has 0 saturated carbocycles. The Hall–Kier alpha value is -1.59. The molecule has 0 aromatic heterocycles. The quantitative estimate of drug-likeness (QED) is 0.832. The van der Waals surface area contributed by atoms with Crippen LogP contribution in [-0.2, 0) is 14.3 Å². The second-order valence-electron chi connectivity index (χ2n) is 5.78. The zero-order chi connectivity index (χ0) is 16.3. The summed E-state index contributed by atoms with van der Waals surface area (Å²) in [4.78, 5) is 24.2. The van der Waals surface area contributed by atoms with E-state index in [0.29, 0.717) is 11.4 Å². The van der Waals surface area contributed by atoms with Gasteiger partial charge in [-0.2, -0.15) is 0 Å². The third-order valence-electron chi connectivity index (χ3n) is 3.76. The molecule has 1 heterocycles. The molecular weight excluding hydrogens is 304 g/mol. The van der Waals surface area contributed by atoms with Crippen LogP contribution in [0.4, 0.5) is 0 Å². The second kappa shape index (κ2) is 7.11. The van der Waals surface area contributed by atoms with Gasteiger partial charge in [-0.25, -0.2) is 0 Å². The highest BCUT2D eigenvalue weighted by atomic mass is 35.5. The van der Waals surface area contributed by atoms with Crippen molar-refractivity contribution in [1.82, 2.24) is 10.6 Å².